The summed E-state index contributed by atoms with van der Waals surface area (Å²) in [5.74, 6) is 1.50. The van der Waals surface area contributed by atoms with Crippen molar-refractivity contribution in [2.24, 2.45) is 5.92 Å². The van der Waals surface area contributed by atoms with E-state index in [-0.39, 0.29) is 13.2 Å². The number of ether oxygens (including phenoxy) is 1. The van der Waals surface area contributed by atoms with Gasteiger partial charge in [-0.1, -0.05) is 25.9 Å². The molecule has 1 aromatic carbocycles. The predicted molar refractivity (Wildman–Crippen MR) is 132 cm³/mol. The number of nitrogens with one attached hydrogen (secondary N) is 1. The third-order valence-corrected chi connectivity index (χ3v) is 5.58. The molecule has 3 N–H and O–H groups in total. The van der Waals surface area contributed by atoms with E-state index in [1.54, 1.807) is 0 Å². The molecule has 0 saturated carbocycles. The Labute approximate surface area is 205 Å². The van der Waals surface area contributed by atoms with Gasteiger partial charge in [0.25, 0.3) is 5.89 Å². The van der Waals surface area contributed by atoms with Crippen molar-refractivity contribution in [3.8, 4) is 28.7 Å². The summed E-state index contributed by atoms with van der Waals surface area (Å²) < 4.78 is 11.4. The summed E-state index contributed by atoms with van der Waals surface area (Å²) in [5.41, 5.74) is 5.60. The summed E-state index contributed by atoms with van der Waals surface area (Å²) in [4.78, 5) is 20.2. The van der Waals surface area contributed by atoms with Gasteiger partial charge in [0.1, 0.15) is 30.8 Å². The maximum absolute atomic E-state index is 11.1. The van der Waals surface area contributed by atoms with Crippen LogP contribution in [0.3, 0.4) is 0 Å². The van der Waals surface area contributed by atoms with Crippen LogP contribution in [-0.4, -0.2) is 57.1 Å². The van der Waals surface area contributed by atoms with Crippen LogP contribution in [0.2, 0.25) is 0 Å². The zero-order chi connectivity index (χ0) is 25.5. The first-order valence-corrected chi connectivity index (χ1v) is 11.8. The fourth-order valence-electron chi connectivity index (χ4n) is 3.77. The fourth-order valence-corrected chi connectivity index (χ4v) is 3.77. The molecule has 3 aromatic rings. The van der Waals surface area contributed by atoms with Gasteiger partial charge in [0.15, 0.2) is 0 Å². The molecular formula is C26H34N4O5. The normalized spacial score (nSPS) is 12.1. The standard InChI is InChI=1S/C26H34N4O5/c1-6-18-10-19(8-17(5)24(18)34-14-21(32)12-28-23(33)13-31)25-29-26(35-30-25)22-9-16(4)20(11-27-22)7-15(2)3/h8-11,15,21,31-32H,6-7,12-14H2,1-5H3,(H,28,33)/t21-/m0/s1. The highest BCUT2D eigenvalue weighted by Crippen LogP contribution is 2.31. The Morgan fingerprint density at radius 2 is 1.94 bits per heavy atom. The van der Waals surface area contributed by atoms with Gasteiger partial charge in [-0.2, -0.15) is 4.98 Å². The van der Waals surface area contributed by atoms with Crippen LogP contribution in [0, 0.1) is 19.8 Å². The lowest BCUT2D eigenvalue weighted by Crippen LogP contribution is -2.36. The van der Waals surface area contributed by atoms with E-state index in [0.29, 0.717) is 35.5 Å². The first kappa shape index (κ1) is 26.3. The lowest BCUT2D eigenvalue weighted by molar-refractivity contribution is -0.124. The Bertz CT molecular complexity index is 1160. The molecule has 3 rings (SSSR count). The Balaban J connectivity index is 1.76. The molecule has 1 amide bonds. The van der Waals surface area contributed by atoms with Crippen LogP contribution in [0.4, 0.5) is 0 Å². The number of benzene rings is 1. The first-order chi connectivity index (χ1) is 16.7. The highest BCUT2D eigenvalue weighted by molar-refractivity contribution is 5.76. The summed E-state index contributed by atoms with van der Waals surface area (Å²) in [6.45, 7) is 9.73. The average Bonchev–Trinajstić information content (AvgIpc) is 3.32. The van der Waals surface area contributed by atoms with Gasteiger partial charge < -0.3 is 24.8 Å². The van der Waals surface area contributed by atoms with E-state index in [0.717, 1.165) is 28.7 Å². The van der Waals surface area contributed by atoms with Gasteiger partial charge in [-0.15, -0.1) is 0 Å². The quantitative estimate of drug-likeness (QED) is 0.380. The van der Waals surface area contributed by atoms with Crippen molar-refractivity contribution in [2.75, 3.05) is 19.8 Å². The highest BCUT2D eigenvalue weighted by atomic mass is 16.5. The maximum atomic E-state index is 11.1. The van der Waals surface area contributed by atoms with E-state index < -0.39 is 18.6 Å². The minimum Gasteiger partial charge on any atom is -0.490 e. The number of aliphatic hydroxyl groups is 2. The minimum atomic E-state index is -0.906. The minimum absolute atomic E-state index is 0.00305. The van der Waals surface area contributed by atoms with Gasteiger partial charge >= 0.3 is 0 Å². The lowest BCUT2D eigenvalue weighted by atomic mass is 10.0. The Kier molecular flexibility index (Phi) is 8.95. The van der Waals surface area contributed by atoms with E-state index in [1.165, 1.54) is 5.56 Å². The molecule has 0 spiro atoms. The van der Waals surface area contributed by atoms with Crippen LogP contribution in [0.25, 0.3) is 23.0 Å². The smallest absolute Gasteiger partial charge is 0.276 e. The second-order valence-corrected chi connectivity index (χ2v) is 9.08. The van der Waals surface area contributed by atoms with Crippen LogP contribution in [-0.2, 0) is 17.6 Å². The molecule has 0 fully saturated rings. The molecule has 0 saturated heterocycles. The number of rotatable bonds is 11. The molecule has 9 nitrogen and oxygen atoms in total. The van der Waals surface area contributed by atoms with Crippen LogP contribution in [0.5, 0.6) is 5.75 Å². The lowest BCUT2D eigenvalue weighted by Gasteiger charge is -2.17. The molecule has 0 bridgehead atoms. The Morgan fingerprint density at radius 1 is 1.17 bits per heavy atom. The molecule has 2 aromatic heterocycles. The van der Waals surface area contributed by atoms with E-state index >= 15 is 0 Å². The Morgan fingerprint density at radius 3 is 2.60 bits per heavy atom. The molecule has 2 heterocycles. The molecule has 0 aliphatic rings. The van der Waals surface area contributed by atoms with Gasteiger partial charge in [-0.3, -0.25) is 9.78 Å². The molecule has 188 valence electrons. The number of hydrogen-bond acceptors (Lipinski definition) is 8. The van der Waals surface area contributed by atoms with Crippen molar-refractivity contribution in [3.63, 3.8) is 0 Å². The van der Waals surface area contributed by atoms with E-state index in [1.807, 2.05) is 38.2 Å². The van der Waals surface area contributed by atoms with Crippen molar-refractivity contribution in [2.45, 2.75) is 53.6 Å². The first-order valence-electron chi connectivity index (χ1n) is 11.8. The molecule has 0 unspecified atom stereocenters. The van der Waals surface area contributed by atoms with Crippen molar-refractivity contribution in [1.29, 1.82) is 0 Å². The van der Waals surface area contributed by atoms with Gasteiger partial charge in [0, 0.05) is 18.3 Å². The number of aryl methyl sites for hydroxylation is 3. The zero-order valence-electron chi connectivity index (χ0n) is 21.0. The summed E-state index contributed by atoms with van der Waals surface area (Å²) in [5, 5.41) is 25.4. The second-order valence-electron chi connectivity index (χ2n) is 9.08. The second kappa shape index (κ2) is 11.9. The number of carbonyl (C=O) groups excluding carboxylic acids is 1. The third-order valence-electron chi connectivity index (χ3n) is 5.58. The fraction of sp³-hybridized carbons (Fsp3) is 0.462. The molecular weight excluding hydrogens is 448 g/mol. The summed E-state index contributed by atoms with van der Waals surface area (Å²) >= 11 is 0. The van der Waals surface area contributed by atoms with Gasteiger partial charge in [-0.25, -0.2) is 0 Å². The van der Waals surface area contributed by atoms with E-state index in [2.05, 4.69) is 41.2 Å². The molecule has 0 aliphatic carbocycles. The number of carbonyl (C=O) groups is 1. The average molecular weight is 483 g/mol. The zero-order valence-corrected chi connectivity index (χ0v) is 21.0. The van der Waals surface area contributed by atoms with Crippen LogP contribution in [0.1, 0.15) is 43.0 Å². The molecule has 1 atom stereocenters. The predicted octanol–water partition coefficient (Wildman–Crippen LogP) is 3.02. The van der Waals surface area contributed by atoms with E-state index in [9.17, 15) is 9.90 Å². The van der Waals surface area contributed by atoms with Crippen molar-refractivity contribution in [1.82, 2.24) is 20.4 Å². The topological polar surface area (TPSA) is 131 Å². The number of hydrogen-bond donors (Lipinski definition) is 3. The summed E-state index contributed by atoms with van der Waals surface area (Å²) in [7, 11) is 0. The molecule has 0 aliphatic heterocycles. The van der Waals surface area contributed by atoms with Gasteiger partial charge in [0.05, 0.1) is 0 Å². The molecule has 35 heavy (non-hydrogen) atoms. The summed E-state index contributed by atoms with van der Waals surface area (Å²) in [6, 6.07) is 5.83. The van der Waals surface area contributed by atoms with Crippen molar-refractivity contribution < 1.29 is 24.3 Å². The van der Waals surface area contributed by atoms with Crippen molar-refractivity contribution >= 4 is 5.91 Å². The number of nitrogens with zero attached hydrogens (tertiary/aromatic N) is 3. The van der Waals surface area contributed by atoms with Gasteiger partial charge in [-0.05, 0) is 73.1 Å². The largest absolute Gasteiger partial charge is 0.490 e. The number of pyridine rings is 1. The Hall–Kier alpha value is -3.30. The highest BCUT2D eigenvalue weighted by Gasteiger charge is 2.17. The number of aromatic nitrogens is 3. The SMILES string of the molecule is CCc1cc(-c2noc(-c3cc(C)c(CC(C)C)cn3)n2)cc(C)c1OC[C@@H](O)CNC(=O)CO. The number of amides is 1. The summed E-state index contributed by atoms with van der Waals surface area (Å²) in [6.07, 6.45) is 2.64. The van der Waals surface area contributed by atoms with Crippen molar-refractivity contribution in [3.05, 3.63) is 46.6 Å². The van der Waals surface area contributed by atoms with Gasteiger partial charge in [0.2, 0.25) is 11.7 Å². The molecule has 0 radical (unpaired) electrons. The third kappa shape index (κ3) is 6.86. The van der Waals surface area contributed by atoms with Crippen LogP contribution in [0.15, 0.2) is 28.9 Å². The monoisotopic (exact) mass is 482 g/mol. The van der Waals surface area contributed by atoms with Crippen LogP contribution >= 0.6 is 0 Å². The molecule has 9 heteroatoms. The maximum Gasteiger partial charge on any atom is 0.276 e. The number of aliphatic hydroxyl groups excluding tert-OH is 2. The van der Waals surface area contributed by atoms with Crippen LogP contribution < -0.4 is 10.1 Å². The van der Waals surface area contributed by atoms with E-state index in [4.69, 9.17) is 14.4 Å².